The molecule has 0 spiro atoms. The van der Waals surface area contributed by atoms with Crippen molar-refractivity contribution in [2.24, 2.45) is 0 Å². The second kappa shape index (κ2) is 11.5. The van der Waals surface area contributed by atoms with Crippen LogP contribution in [0, 0.1) is 0 Å². The van der Waals surface area contributed by atoms with Gasteiger partial charge in [0.1, 0.15) is 0 Å². The van der Waals surface area contributed by atoms with Crippen LogP contribution in [0.5, 0.6) is 0 Å². The van der Waals surface area contributed by atoms with Crippen molar-refractivity contribution in [3.8, 4) is 16.8 Å². The molecule has 3 heterocycles. The highest BCUT2D eigenvalue weighted by Crippen LogP contribution is 2.56. The van der Waals surface area contributed by atoms with E-state index in [0.717, 1.165) is 66.2 Å². The van der Waals surface area contributed by atoms with Crippen LogP contribution in [0.3, 0.4) is 0 Å². The van der Waals surface area contributed by atoms with Gasteiger partial charge in [0.25, 0.3) is 0 Å². The van der Waals surface area contributed by atoms with Gasteiger partial charge >= 0.3 is 0 Å². The first-order chi connectivity index (χ1) is 27.2. The SMILES string of the molecule is O=S1c2ccccc2N(c2ccccc2)c2cc3c(cc21)-c1cccc2cccc(c12)N3c1ccc2c(c1)c1c3ccccc3ccc1n2-c1ccccc1. The van der Waals surface area contributed by atoms with Crippen LogP contribution in [0.25, 0.3) is 60.2 Å². The van der Waals surface area contributed by atoms with Crippen molar-refractivity contribution < 1.29 is 4.21 Å². The van der Waals surface area contributed by atoms with E-state index in [1.54, 1.807) is 0 Å². The molecular weight excluding hydrogens is 691 g/mol. The smallest absolute Gasteiger partial charge is 0.0892 e. The summed E-state index contributed by atoms with van der Waals surface area (Å²) in [6.07, 6.45) is 0. The maximum absolute atomic E-state index is 14.6. The molecule has 0 saturated carbocycles. The molecule has 55 heavy (non-hydrogen) atoms. The Morgan fingerprint density at radius 3 is 1.89 bits per heavy atom. The van der Waals surface area contributed by atoms with E-state index in [-0.39, 0.29) is 0 Å². The maximum atomic E-state index is 14.6. The van der Waals surface area contributed by atoms with E-state index in [1.165, 1.54) is 37.8 Å². The van der Waals surface area contributed by atoms with Crippen LogP contribution in [-0.4, -0.2) is 8.78 Å². The molecule has 0 N–H and O–H groups in total. The lowest BCUT2D eigenvalue weighted by atomic mass is 9.90. The zero-order valence-electron chi connectivity index (χ0n) is 29.6. The topological polar surface area (TPSA) is 28.5 Å². The van der Waals surface area contributed by atoms with Crippen molar-refractivity contribution in [1.82, 2.24) is 4.57 Å². The molecule has 1 unspecified atom stereocenters. The van der Waals surface area contributed by atoms with Gasteiger partial charge in [0.05, 0.1) is 54.4 Å². The Hall–Kier alpha value is -6.95. The largest absolute Gasteiger partial charge is 0.309 e. The number of rotatable bonds is 3. The van der Waals surface area contributed by atoms with Gasteiger partial charge in [0, 0.05) is 38.8 Å². The van der Waals surface area contributed by atoms with Gasteiger partial charge in [-0.05, 0) is 101 Å². The molecule has 2 aliphatic heterocycles. The first-order valence-electron chi connectivity index (χ1n) is 18.6. The minimum Gasteiger partial charge on any atom is -0.309 e. The Kier molecular flexibility index (Phi) is 6.39. The summed E-state index contributed by atoms with van der Waals surface area (Å²) in [4.78, 5) is 6.32. The lowest BCUT2D eigenvalue weighted by Gasteiger charge is -2.38. The first kappa shape index (κ1) is 30.5. The summed E-state index contributed by atoms with van der Waals surface area (Å²) < 4.78 is 17.0. The highest BCUT2D eigenvalue weighted by atomic mass is 32.2. The Bertz CT molecular complexity index is 3240. The Morgan fingerprint density at radius 1 is 0.364 bits per heavy atom. The van der Waals surface area contributed by atoms with Crippen LogP contribution in [0.15, 0.2) is 198 Å². The highest BCUT2D eigenvalue weighted by Gasteiger charge is 2.34. The molecule has 9 aromatic carbocycles. The first-order valence-corrected chi connectivity index (χ1v) is 19.8. The Balaban J connectivity index is 1.18. The molecule has 1 aromatic heterocycles. The summed E-state index contributed by atoms with van der Waals surface area (Å²) in [6, 6.07) is 66.9. The quantitative estimate of drug-likeness (QED) is 0.182. The summed E-state index contributed by atoms with van der Waals surface area (Å²) >= 11 is 0. The molecule has 0 saturated heterocycles. The molecule has 0 radical (unpaired) electrons. The summed E-state index contributed by atoms with van der Waals surface area (Å²) in [5, 5.41) is 7.25. The minimum absolute atomic E-state index is 0.811. The molecular formula is C50H31N3OS. The molecule has 0 bridgehead atoms. The van der Waals surface area contributed by atoms with Crippen LogP contribution in [-0.2, 0) is 10.8 Å². The lowest BCUT2D eigenvalue weighted by Crippen LogP contribution is -2.21. The van der Waals surface area contributed by atoms with Crippen LogP contribution in [0.1, 0.15) is 0 Å². The summed E-state index contributed by atoms with van der Waals surface area (Å²) in [7, 11) is -1.37. The van der Waals surface area contributed by atoms with Crippen molar-refractivity contribution in [2.75, 3.05) is 9.80 Å². The number of para-hydroxylation sites is 3. The third kappa shape index (κ3) is 4.30. The third-order valence-electron chi connectivity index (χ3n) is 11.4. The van der Waals surface area contributed by atoms with Gasteiger partial charge in [-0.15, -0.1) is 0 Å². The van der Waals surface area contributed by atoms with Gasteiger partial charge < -0.3 is 14.4 Å². The average molecular weight is 722 g/mol. The minimum atomic E-state index is -1.37. The molecule has 5 heteroatoms. The summed E-state index contributed by atoms with van der Waals surface area (Å²) in [5.74, 6) is 0. The molecule has 12 rings (SSSR count). The third-order valence-corrected chi connectivity index (χ3v) is 12.9. The molecule has 4 nitrogen and oxygen atoms in total. The zero-order chi connectivity index (χ0) is 36.2. The van der Waals surface area contributed by atoms with E-state index >= 15 is 0 Å². The highest BCUT2D eigenvalue weighted by molar-refractivity contribution is 7.85. The van der Waals surface area contributed by atoms with Crippen LogP contribution >= 0.6 is 0 Å². The summed E-state index contributed by atoms with van der Waals surface area (Å²) in [6.45, 7) is 0. The van der Waals surface area contributed by atoms with Crippen molar-refractivity contribution in [3.63, 3.8) is 0 Å². The number of hydrogen-bond donors (Lipinski definition) is 0. The molecule has 258 valence electrons. The standard InChI is InChI=1S/C50H31N3OS/c54-55-47-24-10-9-22-42(47)52(35-18-5-2-6-19-35)46-31-45-39(30-48(46)55)38-21-11-14-33-15-12-23-43(49(33)38)53(45)36-26-28-41-40(29-36)50-37-20-8-7-13-32(37)25-27-44(50)51(41)34-16-3-1-4-17-34/h1-31H. The predicted molar refractivity (Wildman–Crippen MR) is 229 cm³/mol. The van der Waals surface area contributed by atoms with Crippen LogP contribution in [0.2, 0.25) is 0 Å². The van der Waals surface area contributed by atoms with E-state index in [4.69, 9.17) is 0 Å². The lowest BCUT2D eigenvalue weighted by molar-refractivity contribution is 0.682. The average Bonchev–Trinajstić information content (AvgIpc) is 3.58. The molecule has 0 amide bonds. The molecule has 10 aromatic rings. The molecule has 0 aliphatic carbocycles. The van der Waals surface area contributed by atoms with Crippen molar-refractivity contribution in [2.45, 2.75) is 9.79 Å². The molecule has 1 atom stereocenters. The monoisotopic (exact) mass is 721 g/mol. The van der Waals surface area contributed by atoms with E-state index < -0.39 is 10.8 Å². The fourth-order valence-electron chi connectivity index (χ4n) is 9.10. The maximum Gasteiger partial charge on any atom is 0.0892 e. The number of benzene rings is 9. The predicted octanol–water partition coefficient (Wildman–Crippen LogP) is 13.5. The molecule has 2 aliphatic rings. The zero-order valence-corrected chi connectivity index (χ0v) is 30.4. The summed E-state index contributed by atoms with van der Waals surface area (Å²) in [5.41, 5.74) is 11.8. The van der Waals surface area contributed by atoms with E-state index in [0.29, 0.717) is 0 Å². The van der Waals surface area contributed by atoms with Gasteiger partial charge in [0.2, 0.25) is 0 Å². The van der Waals surface area contributed by atoms with Gasteiger partial charge in [0.15, 0.2) is 0 Å². The fourth-order valence-corrected chi connectivity index (χ4v) is 10.4. The Labute approximate surface area is 320 Å². The van der Waals surface area contributed by atoms with Crippen LogP contribution in [0.4, 0.5) is 34.1 Å². The van der Waals surface area contributed by atoms with Crippen molar-refractivity contribution >= 4 is 88.3 Å². The Morgan fingerprint density at radius 2 is 1.04 bits per heavy atom. The number of aromatic nitrogens is 1. The number of fused-ring (bicyclic) bond motifs is 9. The van der Waals surface area contributed by atoms with Gasteiger partial charge in [-0.1, -0.05) is 109 Å². The van der Waals surface area contributed by atoms with E-state index in [1.807, 2.05) is 24.3 Å². The van der Waals surface area contributed by atoms with Crippen LogP contribution < -0.4 is 9.80 Å². The molecule has 0 fully saturated rings. The normalized spacial score (nSPS) is 14.4. The van der Waals surface area contributed by atoms with Gasteiger partial charge in [-0.2, -0.15) is 0 Å². The van der Waals surface area contributed by atoms with Crippen molar-refractivity contribution in [1.29, 1.82) is 0 Å². The van der Waals surface area contributed by atoms with Gasteiger partial charge in [-0.3, -0.25) is 0 Å². The van der Waals surface area contributed by atoms with E-state index in [2.05, 4.69) is 178 Å². The second-order valence-corrected chi connectivity index (χ2v) is 15.7. The number of anilines is 6. The fraction of sp³-hybridized carbons (Fsp3) is 0. The van der Waals surface area contributed by atoms with Crippen molar-refractivity contribution in [3.05, 3.63) is 188 Å². The number of hydrogen-bond acceptors (Lipinski definition) is 3. The second-order valence-electron chi connectivity index (χ2n) is 14.3. The van der Waals surface area contributed by atoms with E-state index in [9.17, 15) is 4.21 Å². The number of nitrogens with zero attached hydrogens (tertiary/aromatic N) is 3. The van der Waals surface area contributed by atoms with Gasteiger partial charge in [-0.25, -0.2) is 4.21 Å².